The highest BCUT2D eigenvalue weighted by atomic mass is 16.4. The molecule has 0 aliphatic carbocycles. The van der Waals surface area contributed by atoms with Crippen LogP contribution in [-0.2, 0) is 11.2 Å². The summed E-state index contributed by atoms with van der Waals surface area (Å²) >= 11 is 0. The van der Waals surface area contributed by atoms with Crippen LogP contribution in [0.1, 0.15) is 28.8 Å². The van der Waals surface area contributed by atoms with Gasteiger partial charge in [-0.15, -0.1) is 0 Å². The van der Waals surface area contributed by atoms with Crippen LogP contribution in [0.15, 0.2) is 24.3 Å². The Morgan fingerprint density at radius 3 is 2.86 bits per heavy atom. The van der Waals surface area contributed by atoms with Crippen molar-refractivity contribution < 1.29 is 14.7 Å². The van der Waals surface area contributed by atoms with E-state index < -0.39 is 5.97 Å². The lowest BCUT2D eigenvalue weighted by molar-refractivity contribution is -0.138. The minimum Gasteiger partial charge on any atom is -0.481 e. The molecular formula is C16H22N2O3. The van der Waals surface area contributed by atoms with Gasteiger partial charge in [0.2, 0.25) is 0 Å². The van der Waals surface area contributed by atoms with Crippen molar-refractivity contribution in [2.24, 2.45) is 5.92 Å². The van der Waals surface area contributed by atoms with E-state index in [0.717, 1.165) is 30.5 Å². The van der Waals surface area contributed by atoms with E-state index >= 15 is 0 Å². The second-order valence-corrected chi connectivity index (χ2v) is 5.51. The maximum Gasteiger partial charge on any atom is 0.303 e. The fraction of sp³-hybridized carbons (Fsp3) is 0.500. The summed E-state index contributed by atoms with van der Waals surface area (Å²) in [5.41, 5.74) is 1.78. The topological polar surface area (TPSA) is 69.6 Å². The largest absolute Gasteiger partial charge is 0.481 e. The summed E-state index contributed by atoms with van der Waals surface area (Å²) in [7, 11) is 1.89. The van der Waals surface area contributed by atoms with Gasteiger partial charge in [-0.25, -0.2) is 0 Å². The molecular weight excluding hydrogens is 268 g/mol. The van der Waals surface area contributed by atoms with Crippen LogP contribution in [0.25, 0.3) is 0 Å². The number of nitrogens with one attached hydrogen (secondary N) is 1. The lowest BCUT2D eigenvalue weighted by atomic mass is 10.0. The van der Waals surface area contributed by atoms with Crippen LogP contribution in [0, 0.1) is 5.92 Å². The predicted octanol–water partition coefficient (Wildman–Crippen LogP) is 1.39. The molecule has 1 aromatic rings. The number of carboxylic acid groups (broad SMARTS) is 1. The molecule has 1 heterocycles. The molecule has 0 spiro atoms. The molecule has 0 radical (unpaired) electrons. The molecule has 5 nitrogen and oxygen atoms in total. The number of carbonyl (C=O) groups is 2. The first-order valence-electron chi connectivity index (χ1n) is 7.35. The van der Waals surface area contributed by atoms with Crippen molar-refractivity contribution in [1.82, 2.24) is 10.2 Å². The highest BCUT2D eigenvalue weighted by Gasteiger charge is 2.29. The molecule has 1 amide bonds. The summed E-state index contributed by atoms with van der Waals surface area (Å²) in [6.45, 7) is 2.02. The average Bonchev–Trinajstić information content (AvgIpc) is 2.92. The minimum atomic E-state index is -0.788. The summed E-state index contributed by atoms with van der Waals surface area (Å²) in [6.07, 6.45) is 1.73. The maximum atomic E-state index is 12.6. The molecule has 1 atom stereocenters. The van der Waals surface area contributed by atoms with Crippen LogP contribution < -0.4 is 5.32 Å². The molecule has 2 N–H and O–H groups in total. The monoisotopic (exact) mass is 290 g/mol. The van der Waals surface area contributed by atoms with Gasteiger partial charge in [0.05, 0.1) is 0 Å². The Balaban J connectivity index is 2.05. The smallest absolute Gasteiger partial charge is 0.303 e. The molecule has 1 aliphatic heterocycles. The Kier molecular flexibility index (Phi) is 5.33. The predicted molar refractivity (Wildman–Crippen MR) is 80.3 cm³/mol. The minimum absolute atomic E-state index is 0.0228. The first-order valence-corrected chi connectivity index (χ1v) is 7.35. The number of amides is 1. The maximum absolute atomic E-state index is 12.6. The lowest BCUT2D eigenvalue weighted by Gasteiger charge is -2.18. The zero-order valence-corrected chi connectivity index (χ0v) is 12.3. The van der Waals surface area contributed by atoms with Crippen LogP contribution in [0.3, 0.4) is 0 Å². The fourth-order valence-electron chi connectivity index (χ4n) is 2.81. The number of rotatable bonds is 6. The Labute approximate surface area is 125 Å². The molecule has 1 unspecified atom stereocenters. The van der Waals surface area contributed by atoms with Gasteiger partial charge in [0.1, 0.15) is 0 Å². The Hall–Kier alpha value is -1.88. The number of aliphatic carboxylic acids is 1. The van der Waals surface area contributed by atoms with Gasteiger partial charge in [0.25, 0.3) is 5.91 Å². The standard InChI is InChI=1S/C16H22N2O3/c1-17-8-6-13-4-2-3-5-14(13)16(21)18-9-7-12(11-18)10-15(19)20/h2-5,12,17H,6-11H2,1H3,(H,19,20). The van der Waals surface area contributed by atoms with Crippen molar-refractivity contribution in [3.8, 4) is 0 Å². The van der Waals surface area contributed by atoms with Crippen LogP contribution in [0.4, 0.5) is 0 Å². The first-order chi connectivity index (χ1) is 10.1. The van der Waals surface area contributed by atoms with Gasteiger partial charge in [-0.1, -0.05) is 18.2 Å². The van der Waals surface area contributed by atoms with Crippen molar-refractivity contribution in [3.63, 3.8) is 0 Å². The molecule has 0 bridgehead atoms. The van der Waals surface area contributed by atoms with Gasteiger partial charge >= 0.3 is 5.97 Å². The van der Waals surface area contributed by atoms with Crippen LogP contribution in [0.2, 0.25) is 0 Å². The quantitative estimate of drug-likeness (QED) is 0.830. The number of carbonyl (C=O) groups excluding carboxylic acids is 1. The van der Waals surface area contributed by atoms with Crippen molar-refractivity contribution >= 4 is 11.9 Å². The summed E-state index contributed by atoms with van der Waals surface area (Å²) in [4.78, 5) is 25.2. The average molecular weight is 290 g/mol. The van der Waals surface area contributed by atoms with Crippen LogP contribution in [0.5, 0.6) is 0 Å². The summed E-state index contributed by atoms with van der Waals surface area (Å²) in [5, 5.41) is 11.9. The molecule has 1 aliphatic rings. The van der Waals surface area contributed by atoms with Gasteiger partial charge in [0, 0.05) is 25.1 Å². The van der Waals surface area contributed by atoms with Gasteiger partial charge in [-0.2, -0.15) is 0 Å². The third kappa shape index (κ3) is 4.04. The fourth-order valence-corrected chi connectivity index (χ4v) is 2.81. The second kappa shape index (κ2) is 7.22. The van der Waals surface area contributed by atoms with Gasteiger partial charge < -0.3 is 15.3 Å². The Morgan fingerprint density at radius 2 is 2.14 bits per heavy atom. The molecule has 114 valence electrons. The number of likely N-dealkylation sites (tertiary alicyclic amines) is 1. The Bertz CT molecular complexity index is 516. The lowest BCUT2D eigenvalue weighted by Crippen LogP contribution is -2.30. The van der Waals surface area contributed by atoms with E-state index in [4.69, 9.17) is 5.11 Å². The number of nitrogens with zero attached hydrogens (tertiary/aromatic N) is 1. The molecule has 1 fully saturated rings. The van der Waals surface area contributed by atoms with E-state index in [1.54, 1.807) is 4.90 Å². The van der Waals surface area contributed by atoms with Gasteiger partial charge in [0.15, 0.2) is 0 Å². The Morgan fingerprint density at radius 1 is 1.38 bits per heavy atom. The summed E-state index contributed by atoms with van der Waals surface area (Å²) in [5.74, 6) is -0.686. The molecule has 0 aromatic heterocycles. The molecule has 5 heteroatoms. The highest BCUT2D eigenvalue weighted by Crippen LogP contribution is 2.22. The van der Waals surface area contributed by atoms with E-state index in [9.17, 15) is 9.59 Å². The van der Waals surface area contributed by atoms with E-state index in [-0.39, 0.29) is 18.2 Å². The summed E-state index contributed by atoms with van der Waals surface area (Å²) < 4.78 is 0. The number of benzene rings is 1. The SMILES string of the molecule is CNCCc1ccccc1C(=O)N1CCC(CC(=O)O)C1. The van der Waals surface area contributed by atoms with Gasteiger partial charge in [-0.3, -0.25) is 9.59 Å². The molecule has 0 saturated carbocycles. The molecule has 2 rings (SSSR count). The van der Waals surface area contributed by atoms with Gasteiger partial charge in [-0.05, 0) is 44.0 Å². The number of carboxylic acids is 1. The van der Waals surface area contributed by atoms with E-state index in [0.29, 0.717) is 13.1 Å². The number of hydrogen-bond acceptors (Lipinski definition) is 3. The third-order valence-corrected chi connectivity index (χ3v) is 3.93. The van der Waals surface area contributed by atoms with Crippen molar-refractivity contribution in [2.45, 2.75) is 19.3 Å². The first kappa shape index (κ1) is 15.5. The van der Waals surface area contributed by atoms with Crippen molar-refractivity contribution in [1.29, 1.82) is 0 Å². The molecule has 1 saturated heterocycles. The van der Waals surface area contributed by atoms with Crippen molar-refractivity contribution in [2.75, 3.05) is 26.7 Å². The zero-order chi connectivity index (χ0) is 15.2. The zero-order valence-electron chi connectivity index (χ0n) is 12.3. The third-order valence-electron chi connectivity index (χ3n) is 3.93. The van der Waals surface area contributed by atoms with E-state index in [1.165, 1.54) is 0 Å². The number of hydrogen-bond donors (Lipinski definition) is 2. The van der Waals surface area contributed by atoms with Crippen molar-refractivity contribution in [3.05, 3.63) is 35.4 Å². The van der Waals surface area contributed by atoms with E-state index in [2.05, 4.69) is 5.32 Å². The molecule has 1 aromatic carbocycles. The van der Waals surface area contributed by atoms with Crippen LogP contribution in [-0.4, -0.2) is 48.6 Å². The number of likely N-dealkylation sites (N-methyl/N-ethyl adjacent to an activating group) is 1. The molecule has 21 heavy (non-hydrogen) atoms. The van der Waals surface area contributed by atoms with Crippen LogP contribution >= 0.6 is 0 Å². The summed E-state index contributed by atoms with van der Waals surface area (Å²) in [6, 6.07) is 7.66. The normalized spacial score (nSPS) is 18.0. The highest BCUT2D eigenvalue weighted by molar-refractivity contribution is 5.96. The van der Waals surface area contributed by atoms with E-state index in [1.807, 2.05) is 31.3 Å². The second-order valence-electron chi connectivity index (χ2n) is 5.51.